The van der Waals surface area contributed by atoms with Gasteiger partial charge in [0, 0.05) is 12.6 Å². The van der Waals surface area contributed by atoms with E-state index in [0.717, 1.165) is 56.8 Å². The van der Waals surface area contributed by atoms with E-state index in [-0.39, 0.29) is 17.9 Å². The van der Waals surface area contributed by atoms with Gasteiger partial charge in [0.2, 0.25) is 11.8 Å². The van der Waals surface area contributed by atoms with Crippen LogP contribution in [0.25, 0.3) is 0 Å². The fourth-order valence-electron chi connectivity index (χ4n) is 3.75. The number of carbonyl (C=O) groups excluding carboxylic acids is 2. The molecular formula is C17H28N6O2. The third-order valence-corrected chi connectivity index (χ3v) is 5.06. The van der Waals surface area contributed by atoms with E-state index < -0.39 is 6.04 Å². The number of amides is 2. The molecule has 0 bridgehead atoms. The number of hydrogen-bond donors (Lipinski definition) is 2. The van der Waals surface area contributed by atoms with E-state index in [4.69, 9.17) is 0 Å². The second-order valence-electron chi connectivity index (χ2n) is 7.06. The molecule has 2 aliphatic rings. The highest BCUT2D eigenvalue weighted by atomic mass is 16.2. The molecule has 1 aromatic heterocycles. The number of nitrogens with one attached hydrogen (secondary N) is 2. The molecule has 8 heteroatoms. The van der Waals surface area contributed by atoms with Crippen LogP contribution in [-0.2, 0) is 16.1 Å². The van der Waals surface area contributed by atoms with Crippen molar-refractivity contribution in [3.05, 3.63) is 11.6 Å². The standard InChI is InChI=1S/C17H28N6O2/c1-12-19-13(2)23(21-12)10-14-6-5-9-22(14)11-16(24)20-15-7-3-4-8-18-17(15)25/h14-15H,3-11H2,1-2H3,(H,18,25)(H,20,24)/t14-,15-/m1/s1. The van der Waals surface area contributed by atoms with Gasteiger partial charge >= 0.3 is 0 Å². The molecule has 2 fully saturated rings. The van der Waals surface area contributed by atoms with Crippen molar-refractivity contribution in [1.29, 1.82) is 0 Å². The Morgan fingerprint density at radius 1 is 1.28 bits per heavy atom. The van der Waals surface area contributed by atoms with Gasteiger partial charge < -0.3 is 10.6 Å². The molecule has 0 aliphatic carbocycles. The van der Waals surface area contributed by atoms with Gasteiger partial charge in [0.15, 0.2) is 0 Å². The van der Waals surface area contributed by atoms with Crippen LogP contribution >= 0.6 is 0 Å². The fourth-order valence-corrected chi connectivity index (χ4v) is 3.75. The summed E-state index contributed by atoms with van der Waals surface area (Å²) in [4.78, 5) is 30.9. The summed E-state index contributed by atoms with van der Waals surface area (Å²) < 4.78 is 1.93. The van der Waals surface area contributed by atoms with Gasteiger partial charge in [-0.3, -0.25) is 14.5 Å². The molecule has 0 saturated carbocycles. The predicted molar refractivity (Wildman–Crippen MR) is 92.9 cm³/mol. The average molecular weight is 348 g/mol. The highest BCUT2D eigenvalue weighted by Gasteiger charge is 2.29. The van der Waals surface area contributed by atoms with Gasteiger partial charge in [0.05, 0.1) is 13.1 Å². The van der Waals surface area contributed by atoms with Gasteiger partial charge in [0.1, 0.15) is 17.7 Å². The average Bonchev–Trinajstić information content (AvgIpc) is 3.05. The molecule has 0 aromatic carbocycles. The highest BCUT2D eigenvalue weighted by molar-refractivity contribution is 5.88. The van der Waals surface area contributed by atoms with Crippen LogP contribution in [0.15, 0.2) is 0 Å². The van der Waals surface area contributed by atoms with Gasteiger partial charge in [-0.25, -0.2) is 9.67 Å². The third kappa shape index (κ3) is 4.56. The smallest absolute Gasteiger partial charge is 0.242 e. The van der Waals surface area contributed by atoms with E-state index in [1.807, 2.05) is 18.5 Å². The second kappa shape index (κ2) is 7.95. The molecule has 8 nitrogen and oxygen atoms in total. The number of carbonyl (C=O) groups is 2. The van der Waals surface area contributed by atoms with Crippen molar-refractivity contribution < 1.29 is 9.59 Å². The first kappa shape index (κ1) is 17.8. The Hall–Kier alpha value is -1.96. The number of rotatable bonds is 5. The molecule has 0 spiro atoms. The van der Waals surface area contributed by atoms with Crippen LogP contribution < -0.4 is 10.6 Å². The monoisotopic (exact) mass is 348 g/mol. The van der Waals surface area contributed by atoms with E-state index in [0.29, 0.717) is 13.1 Å². The lowest BCUT2D eigenvalue weighted by atomic mass is 10.1. The zero-order chi connectivity index (χ0) is 17.8. The molecule has 3 heterocycles. The number of likely N-dealkylation sites (tertiary alicyclic amines) is 1. The van der Waals surface area contributed by atoms with Crippen molar-refractivity contribution in [3.63, 3.8) is 0 Å². The van der Waals surface area contributed by atoms with Crippen LogP contribution in [0.1, 0.15) is 43.8 Å². The molecule has 1 aromatic rings. The Kier molecular flexibility index (Phi) is 5.67. The molecular weight excluding hydrogens is 320 g/mol. The highest BCUT2D eigenvalue weighted by Crippen LogP contribution is 2.19. The zero-order valence-electron chi connectivity index (χ0n) is 15.1. The molecule has 138 valence electrons. The predicted octanol–water partition coefficient (Wildman–Crippen LogP) is 0.144. The van der Waals surface area contributed by atoms with E-state index in [1.165, 1.54) is 0 Å². The van der Waals surface area contributed by atoms with Crippen LogP contribution in [0, 0.1) is 13.8 Å². The summed E-state index contributed by atoms with van der Waals surface area (Å²) >= 11 is 0. The van der Waals surface area contributed by atoms with Crippen molar-refractivity contribution in [3.8, 4) is 0 Å². The van der Waals surface area contributed by atoms with Crippen LogP contribution in [0.5, 0.6) is 0 Å². The fraction of sp³-hybridized carbons (Fsp3) is 0.765. The molecule has 3 rings (SSSR count). The van der Waals surface area contributed by atoms with E-state index in [2.05, 4.69) is 25.6 Å². The van der Waals surface area contributed by atoms with Gasteiger partial charge in [-0.05, 0) is 52.5 Å². The lowest BCUT2D eigenvalue weighted by Crippen LogP contribution is -2.49. The maximum absolute atomic E-state index is 12.4. The third-order valence-electron chi connectivity index (χ3n) is 5.06. The van der Waals surface area contributed by atoms with Crippen molar-refractivity contribution in [2.45, 2.75) is 64.6 Å². The Morgan fingerprint density at radius 2 is 2.12 bits per heavy atom. The van der Waals surface area contributed by atoms with Gasteiger partial charge in [-0.1, -0.05) is 0 Å². The summed E-state index contributed by atoms with van der Waals surface area (Å²) in [7, 11) is 0. The Labute approximate surface area is 148 Å². The molecule has 0 radical (unpaired) electrons. The molecule has 2 aliphatic heterocycles. The number of aryl methyl sites for hydroxylation is 2. The minimum atomic E-state index is -0.392. The van der Waals surface area contributed by atoms with Gasteiger partial charge in [-0.2, -0.15) is 5.10 Å². The van der Waals surface area contributed by atoms with Gasteiger partial charge in [-0.15, -0.1) is 0 Å². The summed E-state index contributed by atoms with van der Waals surface area (Å²) in [6, 6.07) is -0.107. The normalized spacial score (nSPS) is 24.8. The minimum Gasteiger partial charge on any atom is -0.354 e. The first-order valence-electron chi connectivity index (χ1n) is 9.22. The molecule has 2 atom stereocenters. The molecule has 2 N–H and O–H groups in total. The SMILES string of the molecule is Cc1nc(C)n(C[C@H]2CCCN2CC(=O)N[C@@H]2CCCCNC2=O)n1. The summed E-state index contributed by atoms with van der Waals surface area (Å²) in [5, 5.41) is 10.2. The van der Waals surface area contributed by atoms with Crippen molar-refractivity contribution in [1.82, 2.24) is 30.3 Å². The number of nitrogens with zero attached hydrogens (tertiary/aromatic N) is 4. The summed E-state index contributed by atoms with van der Waals surface area (Å²) in [5.74, 6) is 1.56. The van der Waals surface area contributed by atoms with E-state index >= 15 is 0 Å². The Bertz CT molecular complexity index is 629. The zero-order valence-corrected chi connectivity index (χ0v) is 15.1. The molecule has 2 saturated heterocycles. The van der Waals surface area contributed by atoms with Crippen LogP contribution in [0.4, 0.5) is 0 Å². The summed E-state index contributed by atoms with van der Waals surface area (Å²) in [6.45, 7) is 6.54. The molecule has 25 heavy (non-hydrogen) atoms. The van der Waals surface area contributed by atoms with Gasteiger partial charge in [0.25, 0.3) is 0 Å². The van der Waals surface area contributed by atoms with Crippen molar-refractivity contribution >= 4 is 11.8 Å². The minimum absolute atomic E-state index is 0.0578. The number of hydrogen-bond acceptors (Lipinski definition) is 5. The maximum atomic E-state index is 12.4. The quantitative estimate of drug-likeness (QED) is 0.790. The lowest BCUT2D eigenvalue weighted by Gasteiger charge is -2.25. The molecule has 0 unspecified atom stereocenters. The topological polar surface area (TPSA) is 92.2 Å². The van der Waals surface area contributed by atoms with Crippen molar-refractivity contribution in [2.75, 3.05) is 19.6 Å². The number of aromatic nitrogens is 3. The second-order valence-corrected chi connectivity index (χ2v) is 7.06. The van der Waals surface area contributed by atoms with E-state index in [9.17, 15) is 9.59 Å². The first-order valence-corrected chi connectivity index (χ1v) is 9.22. The van der Waals surface area contributed by atoms with Crippen LogP contribution in [0.3, 0.4) is 0 Å². The summed E-state index contributed by atoms with van der Waals surface area (Å²) in [6.07, 6.45) is 4.78. The Balaban J connectivity index is 1.54. The van der Waals surface area contributed by atoms with Crippen molar-refractivity contribution in [2.24, 2.45) is 0 Å². The maximum Gasteiger partial charge on any atom is 0.242 e. The first-order chi connectivity index (χ1) is 12.0. The largest absolute Gasteiger partial charge is 0.354 e. The Morgan fingerprint density at radius 3 is 2.88 bits per heavy atom. The molecule has 2 amide bonds. The van der Waals surface area contributed by atoms with E-state index in [1.54, 1.807) is 0 Å². The lowest BCUT2D eigenvalue weighted by molar-refractivity contribution is -0.129. The summed E-state index contributed by atoms with van der Waals surface area (Å²) in [5.41, 5.74) is 0. The van der Waals surface area contributed by atoms with Crippen LogP contribution in [-0.4, -0.2) is 63.2 Å². The van der Waals surface area contributed by atoms with Crippen LogP contribution in [0.2, 0.25) is 0 Å².